The lowest BCUT2D eigenvalue weighted by molar-refractivity contribution is -0.138. The number of nitrogens with zero attached hydrogens (tertiary/aromatic N) is 2. The fourth-order valence-electron chi connectivity index (χ4n) is 3.20. The third-order valence-electron chi connectivity index (χ3n) is 4.47. The molecule has 0 saturated carbocycles. The molecule has 3 aromatic rings. The van der Waals surface area contributed by atoms with Crippen molar-refractivity contribution in [3.8, 4) is 0 Å². The number of rotatable bonds is 4. The molecule has 0 N–H and O–H groups in total. The van der Waals surface area contributed by atoms with Gasteiger partial charge in [-0.2, -0.15) is 0 Å². The minimum absolute atomic E-state index is 0.231. The molecule has 3 heterocycles. The Balaban J connectivity index is 1.96. The van der Waals surface area contributed by atoms with Gasteiger partial charge in [0, 0.05) is 11.8 Å². The number of carbonyl (C=O) groups is 1. The molecular formula is C21H18N2O4S. The standard InChI is InChI=1S/C21H18N2O4S/c1-3-26-20(25)17-13(2)23-19(24)16(12-15-10-7-11-27-15)28-21(23)22-18(17)14-8-5-4-6-9-14/h4-12,18H,3H2,1-2H3/b16-12+/t18-/m0/s1. The first kappa shape index (κ1) is 18.2. The average Bonchev–Trinajstić information content (AvgIpc) is 3.31. The van der Waals surface area contributed by atoms with Gasteiger partial charge in [0.25, 0.3) is 5.56 Å². The summed E-state index contributed by atoms with van der Waals surface area (Å²) in [7, 11) is 0. The number of fused-ring (bicyclic) bond motifs is 1. The summed E-state index contributed by atoms with van der Waals surface area (Å²) in [6, 6.07) is 12.6. The number of ether oxygens (including phenoxy) is 1. The molecule has 0 unspecified atom stereocenters. The van der Waals surface area contributed by atoms with Crippen LogP contribution in [0.2, 0.25) is 0 Å². The van der Waals surface area contributed by atoms with Crippen LogP contribution in [-0.4, -0.2) is 17.1 Å². The zero-order valence-electron chi connectivity index (χ0n) is 15.4. The van der Waals surface area contributed by atoms with Crippen LogP contribution in [0.5, 0.6) is 0 Å². The molecule has 1 aliphatic rings. The van der Waals surface area contributed by atoms with Crippen molar-refractivity contribution in [2.45, 2.75) is 19.9 Å². The first-order chi connectivity index (χ1) is 13.6. The highest BCUT2D eigenvalue weighted by molar-refractivity contribution is 7.07. The Labute approximate surface area is 164 Å². The number of hydrogen-bond acceptors (Lipinski definition) is 6. The van der Waals surface area contributed by atoms with Gasteiger partial charge >= 0.3 is 5.97 Å². The molecule has 1 aromatic carbocycles. The Hall–Kier alpha value is -3.19. The lowest BCUT2D eigenvalue weighted by Crippen LogP contribution is -2.35. The third-order valence-corrected chi connectivity index (χ3v) is 5.45. The highest BCUT2D eigenvalue weighted by Gasteiger charge is 2.31. The molecule has 6 nitrogen and oxygen atoms in total. The topological polar surface area (TPSA) is 73.8 Å². The lowest BCUT2D eigenvalue weighted by Gasteiger charge is -2.22. The molecule has 0 fully saturated rings. The fraction of sp³-hybridized carbons (Fsp3) is 0.190. The Kier molecular flexibility index (Phi) is 4.83. The van der Waals surface area contributed by atoms with Crippen LogP contribution in [0.15, 0.2) is 68.5 Å². The van der Waals surface area contributed by atoms with Gasteiger partial charge in [-0.1, -0.05) is 41.7 Å². The summed E-state index contributed by atoms with van der Waals surface area (Å²) in [6.45, 7) is 3.76. The van der Waals surface area contributed by atoms with Crippen molar-refractivity contribution < 1.29 is 13.9 Å². The van der Waals surface area contributed by atoms with Gasteiger partial charge < -0.3 is 9.15 Å². The normalized spacial score (nSPS) is 16.6. The van der Waals surface area contributed by atoms with Crippen LogP contribution in [0.4, 0.5) is 0 Å². The molecule has 0 saturated heterocycles. The minimum Gasteiger partial charge on any atom is -0.465 e. The Bertz CT molecular complexity index is 1220. The van der Waals surface area contributed by atoms with E-state index in [0.717, 1.165) is 5.56 Å². The monoisotopic (exact) mass is 394 g/mol. The van der Waals surface area contributed by atoms with E-state index >= 15 is 0 Å². The van der Waals surface area contributed by atoms with E-state index in [1.54, 1.807) is 38.3 Å². The maximum absolute atomic E-state index is 13.0. The van der Waals surface area contributed by atoms with Crippen LogP contribution in [0.25, 0.3) is 11.8 Å². The van der Waals surface area contributed by atoms with Crippen molar-refractivity contribution in [2.75, 3.05) is 6.61 Å². The molecule has 1 aliphatic heterocycles. The summed E-state index contributed by atoms with van der Waals surface area (Å²) in [4.78, 5) is 31.0. The van der Waals surface area contributed by atoms with Gasteiger partial charge in [-0.3, -0.25) is 9.36 Å². The number of furan rings is 1. The second-order valence-corrected chi connectivity index (χ2v) is 7.22. The summed E-state index contributed by atoms with van der Waals surface area (Å²) in [5.41, 5.74) is 1.56. The van der Waals surface area contributed by atoms with Crippen molar-refractivity contribution >= 4 is 29.1 Å². The number of aromatic nitrogens is 1. The summed E-state index contributed by atoms with van der Waals surface area (Å²) >= 11 is 1.27. The number of hydrogen-bond donors (Lipinski definition) is 0. The van der Waals surface area contributed by atoms with E-state index in [1.165, 1.54) is 15.9 Å². The third kappa shape index (κ3) is 3.14. The Morgan fingerprint density at radius 2 is 2.07 bits per heavy atom. The second kappa shape index (κ2) is 7.44. The molecular weight excluding hydrogens is 376 g/mol. The minimum atomic E-state index is -0.519. The first-order valence-electron chi connectivity index (χ1n) is 8.88. The average molecular weight is 394 g/mol. The van der Waals surface area contributed by atoms with Gasteiger partial charge in [0.05, 0.1) is 18.4 Å². The summed E-state index contributed by atoms with van der Waals surface area (Å²) < 4.78 is 12.5. The van der Waals surface area contributed by atoms with E-state index in [1.807, 2.05) is 30.3 Å². The largest absolute Gasteiger partial charge is 0.465 e. The van der Waals surface area contributed by atoms with E-state index in [4.69, 9.17) is 14.1 Å². The Morgan fingerprint density at radius 3 is 2.75 bits per heavy atom. The van der Waals surface area contributed by atoms with Crippen LogP contribution >= 0.6 is 11.3 Å². The summed E-state index contributed by atoms with van der Waals surface area (Å²) in [5.74, 6) is 0.126. The second-order valence-electron chi connectivity index (χ2n) is 6.21. The summed E-state index contributed by atoms with van der Waals surface area (Å²) in [5, 5.41) is 0. The van der Waals surface area contributed by atoms with Gasteiger partial charge in [-0.25, -0.2) is 9.79 Å². The molecule has 7 heteroatoms. The maximum atomic E-state index is 13.0. The number of esters is 1. The smallest absolute Gasteiger partial charge is 0.338 e. The number of thiazole rings is 1. The maximum Gasteiger partial charge on any atom is 0.338 e. The zero-order chi connectivity index (χ0) is 19.7. The molecule has 0 amide bonds. The van der Waals surface area contributed by atoms with E-state index in [0.29, 0.717) is 26.4 Å². The fourth-order valence-corrected chi connectivity index (χ4v) is 4.22. The van der Waals surface area contributed by atoms with E-state index < -0.39 is 12.0 Å². The molecule has 0 spiro atoms. The van der Waals surface area contributed by atoms with Crippen LogP contribution < -0.4 is 14.9 Å². The zero-order valence-corrected chi connectivity index (χ0v) is 16.2. The molecule has 1 atom stereocenters. The van der Waals surface area contributed by atoms with Crippen LogP contribution in [0.3, 0.4) is 0 Å². The predicted octanol–water partition coefficient (Wildman–Crippen LogP) is 2.50. The lowest BCUT2D eigenvalue weighted by atomic mass is 9.97. The highest BCUT2D eigenvalue weighted by Crippen LogP contribution is 2.31. The number of benzene rings is 1. The SMILES string of the molecule is CCOC(=O)C1=C(C)n2c(s/c(=C/c3ccco3)c2=O)=N[C@H]1c1ccccc1. The quantitative estimate of drug-likeness (QED) is 0.638. The van der Waals surface area contributed by atoms with Crippen molar-refractivity contribution in [3.63, 3.8) is 0 Å². The molecule has 0 bridgehead atoms. The Morgan fingerprint density at radius 1 is 1.29 bits per heavy atom. The van der Waals surface area contributed by atoms with Gasteiger partial charge in [0.15, 0.2) is 4.80 Å². The van der Waals surface area contributed by atoms with E-state index in [-0.39, 0.29) is 12.2 Å². The van der Waals surface area contributed by atoms with E-state index in [9.17, 15) is 9.59 Å². The molecule has 28 heavy (non-hydrogen) atoms. The molecule has 4 rings (SSSR count). The first-order valence-corrected chi connectivity index (χ1v) is 9.70. The van der Waals surface area contributed by atoms with Crippen LogP contribution in [-0.2, 0) is 9.53 Å². The van der Waals surface area contributed by atoms with Crippen molar-refractivity contribution in [2.24, 2.45) is 4.99 Å². The highest BCUT2D eigenvalue weighted by atomic mass is 32.1. The van der Waals surface area contributed by atoms with Gasteiger partial charge in [-0.05, 0) is 31.5 Å². The predicted molar refractivity (Wildman–Crippen MR) is 106 cm³/mol. The number of allylic oxidation sites excluding steroid dienone is 1. The molecule has 0 aliphatic carbocycles. The molecule has 0 radical (unpaired) electrons. The van der Waals surface area contributed by atoms with Crippen molar-refractivity contribution in [1.82, 2.24) is 4.57 Å². The van der Waals surface area contributed by atoms with Gasteiger partial charge in [0.2, 0.25) is 0 Å². The molecule has 2 aromatic heterocycles. The van der Waals surface area contributed by atoms with Crippen molar-refractivity contribution in [3.05, 3.63) is 85.3 Å². The van der Waals surface area contributed by atoms with Gasteiger partial charge in [-0.15, -0.1) is 0 Å². The van der Waals surface area contributed by atoms with Crippen molar-refractivity contribution in [1.29, 1.82) is 0 Å². The van der Waals surface area contributed by atoms with E-state index in [2.05, 4.69) is 0 Å². The number of carbonyl (C=O) groups excluding carboxylic acids is 1. The van der Waals surface area contributed by atoms with Gasteiger partial charge in [0.1, 0.15) is 16.3 Å². The molecule has 142 valence electrons. The van der Waals surface area contributed by atoms with Crippen LogP contribution in [0.1, 0.15) is 31.2 Å². The summed E-state index contributed by atoms with van der Waals surface area (Å²) in [6.07, 6.45) is 3.24. The van der Waals surface area contributed by atoms with Crippen LogP contribution in [0, 0.1) is 0 Å².